The molecule has 2 aromatic heterocycles. The summed E-state index contributed by atoms with van der Waals surface area (Å²) in [5.74, 6) is 0.404. The molecule has 1 fully saturated rings. The summed E-state index contributed by atoms with van der Waals surface area (Å²) in [6.45, 7) is 4.17. The second-order valence-electron chi connectivity index (χ2n) is 8.14. The molecule has 10 heteroatoms. The average molecular weight is 486 g/mol. The number of aryl methyl sites for hydroxylation is 1. The van der Waals surface area contributed by atoms with Gasteiger partial charge in [-0.1, -0.05) is 6.07 Å². The molecule has 0 aliphatic carbocycles. The van der Waals surface area contributed by atoms with Crippen LogP contribution in [0.15, 0.2) is 48.7 Å². The van der Waals surface area contributed by atoms with Crippen molar-refractivity contribution in [2.24, 2.45) is 7.05 Å². The van der Waals surface area contributed by atoms with E-state index in [1.807, 2.05) is 36.2 Å². The van der Waals surface area contributed by atoms with Crippen LogP contribution in [0.2, 0.25) is 0 Å². The first-order valence-corrected chi connectivity index (χ1v) is 12.7. The average Bonchev–Trinajstić information content (AvgIpc) is 3.24. The molecule has 2 atom stereocenters. The summed E-state index contributed by atoms with van der Waals surface area (Å²) in [7, 11) is 0.0999. The van der Waals surface area contributed by atoms with Crippen molar-refractivity contribution in [3.63, 3.8) is 0 Å². The number of aromatic nitrogens is 2. The van der Waals surface area contributed by atoms with E-state index in [0.717, 1.165) is 34.6 Å². The van der Waals surface area contributed by atoms with E-state index in [1.54, 1.807) is 18.3 Å². The summed E-state index contributed by atoms with van der Waals surface area (Å²) < 4.78 is 33.7. The van der Waals surface area contributed by atoms with E-state index in [1.165, 1.54) is 7.11 Å². The van der Waals surface area contributed by atoms with Crippen molar-refractivity contribution in [3.8, 4) is 5.75 Å². The molecule has 33 heavy (non-hydrogen) atoms. The van der Waals surface area contributed by atoms with Crippen LogP contribution in [-0.2, 0) is 17.1 Å². The summed E-state index contributed by atoms with van der Waals surface area (Å²) in [5, 5.41) is 4.00. The number of rotatable bonds is 6. The van der Waals surface area contributed by atoms with Gasteiger partial charge in [0.05, 0.1) is 36.8 Å². The monoisotopic (exact) mass is 485 g/mol. The van der Waals surface area contributed by atoms with Crippen LogP contribution in [0, 0.1) is 13.8 Å². The van der Waals surface area contributed by atoms with Crippen LogP contribution in [0.5, 0.6) is 5.75 Å². The number of benzene rings is 1. The summed E-state index contributed by atoms with van der Waals surface area (Å²) in [4.78, 5) is 6.63. The van der Waals surface area contributed by atoms with Gasteiger partial charge in [0.15, 0.2) is 5.11 Å². The van der Waals surface area contributed by atoms with Crippen molar-refractivity contribution in [2.45, 2.75) is 25.9 Å². The Labute approximate surface area is 199 Å². The molecule has 2 unspecified atom stereocenters. The molecule has 4 rings (SSSR count). The molecule has 2 N–H and O–H groups in total. The van der Waals surface area contributed by atoms with Crippen LogP contribution in [0.4, 0.5) is 11.4 Å². The molecular formula is C23H27N5O3S2. The molecule has 174 valence electrons. The Hall–Kier alpha value is -3.11. The van der Waals surface area contributed by atoms with Gasteiger partial charge < -0.3 is 19.5 Å². The van der Waals surface area contributed by atoms with E-state index in [4.69, 9.17) is 17.0 Å². The molecule has 3 aromatic rings. The Morgan fingerprint density at radius 2 is 1.94 bits per heavy atom. The number of hydrogen-bond donors (Lipinski definition) is 2. The number of hydrogen-bond acceptors (Lipinski definition) is 5. The van der Waals surface area contributed by atoms with E-state index in [9.17, 15) is 8.42 Å². The van der Waals surface area contributed by atoms with Gasteiger partial charge in [0.1, 0.15) is 5.75 Å². The number of ether oxygens (including phenoxy) is 1. The molecule has 3 heterocycles. The maximum absolute atomic E-state index is 11.8. The van der Waals surface area contributed by atoms with Crippen molar-refractivity contribution >= 4 is 38.7 Å². The standard InChI is InChI=1S/C23H27N5O3S2/c1-14-12-17(15(2)27(14)3)22-21(19-8-6-7-11-24-19)25-23(32)28(22)16-9-10-18(20(13-16)31-4)26-33(5,29)30/h6-13,21-22,26H,1-5H3,(H,25,32). The molecule has 0 amide bonds. The van der Waals surface area contributed by atoms with Gasteiger partial charge in [-0.25, -0.2) is 8.42 Å². The third-order valence-electron chi connectivity index (χ3n) is 5.99. The fourth-order valence-corrected chi connectivity index (χ4v) is 5.16. The third kappa shape index (κ3) is 4.40. The number of anilines is 2. The van der Waals surface area contributed by atoms with Crippen molar-refractivity contribution in [1.29, 1.82) is 0 Å². The Balaban J connectivity index is 1.85. The van der Waals surface area contributed by atoms with Crippen LogP contribution >= 0.6 is 12.2 Å². The van der Waals surface area contributed by atoms with Gasteiger partial charge in [-0.05, 0) is 62.0 Å². The van der Waals surface area contributed by atoms with Crippen molar-refractivity contribution < 1.29 is 13.2 Å². The summed E-state index contributed by atoms with van der Waals surface area (Å²) >= 11 is 5.79. The Morgan fingerprint density at radius 1 is 1.18 bits per heavy atom. The minimum Gasteiger partial charge on any atom is -0.494 e. The first kappa shape index (κ1) is 23.1. The Bertz CT molecular complexity index is 1310. The van der Waals surface area contributed by atoms with Crippen molar-refractivity contribution in [2.75, 3.05) is 23.0 Å². The second kappa shape index (κ2) is 8.68. The van der Waals surface area contributed by atoms with Gasteiger partial charge in [0, 0.05) is 36.4 Å². The molecular weight excluding hydrogens is 458 g/mol. The van der Waals surface area contributed by atoms with E-state index >= 15 is 0 Å². The predicted molar refractivity (Wildman–Crippen MR) is 134 cm³/mol. The highest BCUT2D eigenvalue weighted by molar-refractivity contribution is 7.92. The van der Waals surface area contributed by atoms with Crippen molar-refractivity contribution in [1.82, 2.24) is 14.9 Å². The lowest BCUT2D eigenvalue weighted by Crippen LogP contribution is -2.29. The topological polar surface area (TPSA) is 88.5 Å². The van der Waals surface area contributed by atoms with Crippen molar-refractivity contribution in [3.05, 3.63) is 71.3 Å². The van der Waals surface area contributed by atoms with Crippen LogP contribution in [0.1, 0.15) is 34.7 Å². The van der Waals surface area contributed by atoms with E-state index in [0.29, 0.717) is 16.5 Å². The molecule has 0 spiro atoms. The SMILES string of the molecule is COc1cc(N2C(=S)NC(c3ccccn3)C2c2cc(C)n(C)c2C)ccc1NS(C)(=O)=O. The zero-order valence-corrected chi connectivity index (χ0v) is 20.8. The van der Waals surface area contributed by atoms with E-state index in [2.05, 4.69) is 39.5 Å². The number of thiocarbonyl (C=S) groups is 1. The molecule has 1 aliphatic rings. The van der Waals surface area contributed by atoms with Crippen LogP contribution in [0.25, 0.3) is 0 Å². The fourth-order valence-electron chi connectivity index (χ4n) is 4.25. The maximum atomic E-state index is 11.8. The van der Waals surface area contributed by atoms with Crippen LogP contribution in [-0.4, -0.2) is 36.4 Å². The summed E-state index contributed by atoms with van der Waals surface area (Å²) in [6.07, 6.45) is 2.88. The molecule has 8 nitrogen and oxygen atoms in total. The van der Waals surface area contributed by atoms with Gasteiger partial charge in [0.25, 0.3) is 0 Å². The van der Waals surface area contributed by atoms with Gasteiger partial charge in [-0.3, -0.25) is 9.71 Å². The molecule has 0 saturated carbocycles. The Kier molecular flexibility index (Phi) is 6.06. The minimum absolute atomic E-state index is 0.161. The van der Waals surface area contributed by atoms with Gasteiger partial charge in [-0.2, -0.15) is 0 Å². The molecule has 1 aliphatic heterocycles. The number of sulfonamides is 1. The van der Waals surface area contributed by atoms with Gasteiger partial charge in [-0.15, -0.1) is 0 Å². The first-order chi connectivity index (χ1) is 15.6. The zero-order chi connectivity index (χ0) is 23.9. The fraction of sp³-hybridized carbons (Fsp3) is 0.304. The second-order valence-corrected chi connectivity index (χ2v) is 10.3. The zero-order valence-electron chi connectivity index (χ0n) is 19.2. The van der Waals surface area contributed by atoms with Crippen LogP contribution < -0.4 is 19.7 Å². The Morgan fingerprint density at radius 3 is 2.52 bits per heavy atom. The number of methoxy groups -OCH3 is 1. The number of nitrogens with one attached hydrogen (secondary N) is 2. The molecule has 0 radical (unpaired) electrons. The highest BCUT2D eigenvalue weighted by Gasteiger charge is 2.42. The van der Waals surface area contributed by atoms with E-state index in [-0.39, 0.29) is 12.1 Å². The molecule has 1 aromatic carbocycles. The smallest absolute Gasteiger partial charge is 0.229 e. The largest absolute Gasteiger partial charge is 0.494 e. The van der Waals surface area contributed by atoms with E-state index < -0.39 is 10.0 Å². The minimum atomic E-state index is -3.45. The van der Waals surface area contributed by atoms with Crippen LogP contribution in [0.3, 0.4) is 0 Å². The number of pyridine rings is 1. The third-order valence-corrected chi connectivity index (χ3v) is 6.89. The lowest BCUT2D eigenvalue weighted by Gasteiger charge is -2.28. The highest BCUT2D eigenvalue weighted by Crippen LogP contribution is 2.44. The lowest BCUT2D eigenvalue weighted by atomic mass is 9.96. The first-order valence-electron chi connectivity index (χ1n) is 10.4. The van der Waals surface area contributed by atoms with Gasteiger partial charge in [0.2, 0.25) is 10.0 Å². The lowest BCUT2D eigenvalue weighted by molar-refractivity contribution is 0.417. The van der Waals surface area contributed by atoms with Gasteiger partial charge >= 0.3 is 0 Å². The highest BCUT2D eigenvalue weighted by atomic mass is 32.2. The summed E-state index contributed by atoms with van der Waals surface area (Å²) in [6, 6.07) is 13.0. The maximum Gasteiger partial charge on any atom is 0.229 e. The summed E-state index contributed by atoms with van der Waals surface area (Å²) in [5.41, 5.74) is 5.45. The molecule has 0 bridgehead atoms. The quantitative estimate of drug-likeness (QED) is 0.516. The molecule has 1 saturated heterocycles. The normalized spacial score (nSPS) is 18.3. The number of nitrogens with zero attached hydrogens (tertiary/aromatic N) is 3. The predicted octanol–water partition coefficient (Wildman–Crippen LogP) is 3.59.